The zero-order valence-corrected chi connectivity index (χ0v) is 13.8. The third kappa shape index (κ3) is 7.34. The average Bonchev–Trinajstić information content (AvgIpc) is 2.22. The van der Waals surface area contributed by atoms with Gasteiger partial charge in [-0.05, 0) is 11.3 Å². The first-order chi connectivity index (χ1) is 8.34. The van der Waals surface area contributed by atoms with Crippen molar-refractivity contribution in [1.82, 2.24) is 0 Å². The van der Waals surface area contributed by atoms with E-state index in [-0.39, 0.29) is 34.4 Å². The summed E-state index contributed by atoms with van der Waals surface area (Å²) in [5, 5.41) is 0. The van der Waals surface area contributed by atoms with E-state index < -0.39 is 0 Å². The average molecular weight is 270 g/mol. The molecule has 0 aromatic carbocycles. The monoisotopic (exact) mass is 270 g/mol. The van der Waals surface area contributed by atoms with Gasteiger partial charge in [0.25, 0.3) is 0 Å². The number of carbonyl (C=O) groups is 2. The van der Waals surface area contributed by atoms with Gasteiger partial charge in [-0.25, -0.2) is 0 Å². The molecule has 2 atom stereocenters. The van der Waals surface area contributed by atoms with Crippen LogP contribution in [0.2, 0.25) is 0 Å². The summed E-state index contributed by atoms with van der Waals surface area (Å²) in [6, 6.07) is 0. The van der Waals surface area contributed by atoms with Crippen LogP contribution in [0.25, 0.3) is 0 Å². The summed E-state index contributed by atoms with van der Waals surface area (Å²) >= 11 is 0. The molecule has 0 saturated heterocycles. The maximum Gasteiger partial charge on any atom is 0.308 e. The molecule has 0 aromatic rings. The molecule has 0 saturated carbocycles. The van der Waals surface area contributed by atoms with Crippen LogP contribution in [0.15, 0.2) is 0 Å². The van der Waals surface area contributed by atoms with Gasteiger partial charge in [0.15, 0.2) is 0 Å². The fourth-order valence-electron chi connectivity index (χ4n) is 1.43. The van der Waals surface area contributed by atoms with Crippen molar-refractivity contribution in [2.75, 3.05) is 6.61 Å². The summed E-state index contributed by atoms with van der Waals surface area (Å²) in [4.78, 5) is 23.9. The molecule has 112 valence electrons. The van der Waals surface area contributed by atoms with Crippen LogP contribution >= 0.6 is 0 Å². The van der Waals surface area contributed by atoms with Crippen LogP contribution in [0, 0.1) is 22.7 Å². The van der Waals surface area contributed by atoms with Crippen molar-refractivity contribution in [2.45, 2.75) is 61.8 Å². The van der Waals surface area contributed by atoms with Gasteiger partial charge in [0, 0.05) is 11.8 Å². The Labute approximate surface area is 118 Å². The number of hydrogen-bond donors (Lipinski definition) is 0. The number of ketones is 1. The number of Topliss-reactive ketones (excluding diaryl/α,β-unsaturated/α-hetero) is 1. The topological polar surface area (TPSA) is 43.4 Å². The Hall–Kier alpha value is -0.860. The molecule has 19 heavy (non-hydrogen) atoms. The maximum absolute atomic E-state index is 12.0. The fourth-order valence-corrected chi connectivity index (χ4v) is 1.43. The highest BCUT2D eigenvalue weighted by Crippen LogP contribution is 2.25. The van der Waals surface area contributed by atoms with E-state index >= 15 is 0 Å². The molecule has 0 aliphatic heterocycles. The summed E-state index contributed by atoms with van der Waals surface area (Å²) < 4.78 is 5.31. The van der Waals surface area contributed by atoms with E-state index in [4.69, 9.17) is 4.74 Å². The summed E-state index contributed by atoms with van der Waals surface area (Å²) in [6.07, 6.45) is 0.426. The summed E-state index contributed by atoms with van der Waals surface area (Å²) in [5.74, 6) is -0.243. The largest absolute Gasteiger partial charge is 0.465 e. The smallest absolute Gasteiger partial charge is 0.308 e. The van der Waals surface area contributed by atoms with E-state index in [0.29, 0.717) is 13.0 Å². The second-order valence-corrected chi connectivity index (χ2v) is 7.81. The number of ether oxygens (including phenoxy) is 1. The third-order valence-electron chi connectivity index (χ3n) is 3.22. The normalized spacial score (nSPS) is 15.8. The Bertz CT molecular complexity index is 318. The minimum Gasteiger partial charge on any atom is -0.465 e. The minimum absolute atomic E-state index is 0.0131. The number of carbonyl (C=O) groups excluding carboxylic acids is 2. The van der Waals surface area contributed by atoms with E-state index in [1.54, 1.807) is 0 Å². The molecule has 0 aliphatic rings. The highest BCUT2D eigenvalue weighted by molar-refractivity contribution is 5.84. The summed E-state index contributed by atoms with van der Waals surface area (Å²) in [5.41, 5.74) is -0.372. The van der Waals surface area contributed by atoms with Crippen LogP contribution in [-0.4, -0.2) is 18.4 Å². The van der Waals surface area contributed by atoms with E-state index in [1.165, 1.54) is 0 Å². The van der Waals surface area contributed by atoms with Gasteiger partial charge in [-0.2, -0.15) is 0 Å². The van der Waals surface area contributed by atoms with Crippen LogP contribution < -0.4 is 0 Å². The van der Waals surface area contributed by atoms with Crippen molar-refractivity contribution < 1.29 is 14.3 Å². The van der Waals surface area contributed by atoms with Gasteiger partial charge in [-0.1, -0.05) is 55.4 Å². The van der Waals surface area contributed by atoms with Gasteiger partial charge in [0.05, 0.1) is 12.5 Å². The first-order valence-corrected chi connectivity index (χ1v) is 7.04. The highest BCUT2D eigenvalue weighted by Gasteiger charge is 2.29. The predicted molar refractivity (Wildman–Crippen MR) is 77.8 cm³/mol. The van der Waals surface area contributed by atoms with Gasteiger partial charge in [-0.3, -0.25) is 9.59 Å². The molecule has 0 rings (SSSR count). The number of hydrogen-bond acceptors (Lipinski definition) is 3. The SMILES string of the molecule is C[C@H](CC(=O)C(C)(C)C)[C@H](C)C(=O)OCC(C)(C)C. The summed E-state index contributed by atoms with van der Waals surface area (Å²) in [6.45, 7) is 16.0. The Morgan fingerprint density at radius 3 is 1.84 bits per heavy atom. The molecule has 0 unspecified atom stereocenters. The van der Waals surface area contributed by atoms with E-state index in [1.807, 2.05) is 55.4 Å². The van der Waals surface area contributed by atoms with Crippen molar-refractivity contribution in [1.29, 1.82) is 0 Å². The molecule has 0 aromatic heterocycles. The lowest BCUT2D eigenvalue weighted by Gasteiger charge is -2.24. The molecule has 0 heterocycles. The lowest BCUT2D eigenvalue weighted by molar-refractivity contribution is -0.152. The second kappa shape index (κ2) is 6.53. The molecule has 0 amide bonds. The van der Waals surface area contributed by atoms with Crippen LogP contribution in [0.5, 0.6) is 0 Å². The number of esters is 1. The third-order valence-corrected chi connectivity index (χ3v) is 3.22. The molecule has 0 fully saturated rings. The van der Waals surface area contributed by atoms with Crippen LogP contribution in [0.1, 0.15) is 61.8 Å². The first kappa shape index (κ1) is 18.1. The molecule has 3 nitrogen and oxygen atoms in total. The molecule has 0 aliphatic carbocycles. The molecular weight excluding hydrogens is 240 g/mol. The van der Waals surface area contributed by atoms with Gasteiger partial charge in [0.1, 0.15) is 5.78 Å². The van der Waals surface area contributed by atoms with Crippen LogP contribution in [-0.2, 0) is 14.3 Å². The molecular formula is C16H30O3. The lowest BCUT2D eigenvalue weighted by atomic mass is 9.82. The molecule has 0 N–H and O–H groups in total. The maximum atomic E-state index is 12.0. The predicted octanol–water partition coefficient (Wildman–Crippen LogP) is 3.85. The molecule has 0 radical (unpaired) electrons. The van der Waals surface area contributed by atoms with Crippen molar-refractivity contribution in [3.8, 4) is 0 Å². The van der Waals surface area contributed by atoms with Crippen LogP contribution in [0.4, 0.5) is 0 Å². The lowest BCUT2D eigenvalue weighted by Crippen LogP contribution is -2.29. The first-order valence-electron chi connectivity index (χ1n) is 7.04. The van der Waals surface area contributed by atoms with Crippen molar-refractivity contribution in [3.63, 3.8) is 0 Å². The zero-order chi connectivity index (χ0) is 15.4. The van der Waals surface area contributed by atoms with Crippen LogP contribution in [0.3, 0.4) is 0 Å². The quantitative estimate of drug-likeness (QED) is 0.713. The Morgan fingerprint density at radius 2 is 1.47 bits per heavy atom. The van der Waals surface area contributed by atoms with Gasteiger partial charge in [-0.15, -0.1) is 0 Å². The molecule has 3 heteroatoms. The molecule has 0 spiro atoms. The van der Waals surface area contributed by atoms with Crippen molar-refractivity contribution >= 4 is 11.8 Å². The minimum atomic E-state index is -0.344. The zero-order valence-electron chi connectivity index (χ0n) is 13.8. The van der Waals surface area contributed by atoms with Crippen molar-refractivity contribution in [3.05, 3.63) is 0 Å². The van der Waals surface area contributed by atoms with E-state index in [0.717, 1.165) is 0 Å². The van der Waals surface area contributed by atoms with Gasteiger partial charge in [0.2, 0.25) is 0 Å². The van der Waals surface area contributed by atoms with E-state index in [2.05, 4.69) is 0 Å². The van der Waals surface area contributed by atoms with Gasteiger partial charge >= 0.3 is 5.97 Å². The Morgan fingerprint density at radius 1 is 1.00 bits per heavy atom. The Balaban J connectivity index is 4.37. The standard InChI is InChI=1S/C16H30O3/c1-11(9-13(17)16(6,7)8)12(2)14(18)19-10-15(3,4)5/h11-12H,9-10H2,1-8H3/t11-,12+/m1/s1. The van der Waals surface area contributed by atoms with Gasteiger partial charge < -0.3 is 4.74 Å². The second-order valence-electron chi connectivity index (χ2n) is 7.81. The van der Waals surface area contributed by atoms with E-state index in [9.17, 15) is 9.59 Å². The van der Waals surface area contributed by atoms with Crippen molar-refractivity contribution in [2.24, 2.45) is 22.7 Å². The Kier molecular flexibility index (Phi) is 6.24. The summed E-state index contributed by atoms with van der Waals surface area (Å²) in [7, 11) is 0. The fraction of sp³-hybridized carbons (Fsp3) is 0.875. The number of rotatable bonds is 5. The highest BCUT2D eigenvalue weighted by atomic mass is 16.5. The molecule has 0 bridgehead atoms.